The van der Waals surface area contributed by atoms with Crippen LogP contribution in [0.25, 0.3) is 0 Å². The summed E-state index contributed by atoms with van der Waals surface area (Å²) in [6.07, 6.45) is 3.91. The average Bonchev–Trinajstić information content (AvgIpc) is 3.02. The monoisotopic (exact) mass is 442 g/mol. The molecule has 2 bridgehead atoms. The number of aliphatic hydroxyl groups is 1. The van der Waals surface area contributed by atoms with Crippen molar-refractivity contribution in [2.45, 2.75) is 61.1 Å². The van der Waals surface area contributed by atoms with E-state index in [9.17, 15) is 14.7 Å². The molecule has 1 spiro atoms. The van der Waals surface area contributed by atoms with Crippen LogP contribution < -0.4 is 15.4 Å². The van der Waals surface area contributed by atoms with Gasteiger partial charge in [0.05, 0.1) is 12.7 Å². The van der Waals surface area contributed by atoms with Gasteiger partial charge in [-0.05, 0) is 95.5 Å². The zero-order valence-electron chi connectivity index (χ0n) is 19.2. The number of benzene rings is 1. The van der Waals surface area contributed by atoms with Gasteiger partial charge in [0.15, 0.2) is 0 Å². The number of urea groups is 1. The number of likely N-dealkylation sites (tertiary alicyclic amines) is 1. The molecule has 2 saturated heterocycles. The van der Waals surface area contributed by atoms with Gasteiger partial charge in [-0.1, -0.05) is 6.07 Å². The third-order valence-electron chi connectivity index (χ3n) is 8.49. The largest absolute Gasteiger partial charge is 0.497 e. The molecule has 0 aromatic heterocycles. The molecule has 4 atom stereocenters. The van der Waals surface area contributed by atoms with E-state index in [1.807, 2.05) is 12.1 Å². The van der Waals surface area contributed by atoms with Crippen LogP contribution in [-0.2, 0) is 16.6 Å². The Morgan fingerprint density at radius 2 is 2.06 bits per heavy atom. The lowest BCUT2D eigenvalue weighted by Gasteiger charge is -2.65. The number of imide groups is 1. The number of hydrogen-bond acceptors (Lipinski definition) is 6. The summed E-state index contributed by atoms with van der Waals surface area (Å²) in [7, 11) is 5.82. The number of nitrogens with one attached hydrogen (secondary N) is 2. The van der Waals surface area contributed by atoms with Gasteiger partial charge >= 0.3 is 6.03 Å². The number of hydrogen-bond donors (Lipinski definition) is 3. The molecule has 32 heavy (non-hydrogen) atoms. The highest BCUT2D eigenvalue weighted by Crippen LogP contribution is 2.60. The standard InChI is InChI=1S/C24H34N4O4/c1-27(2)10-4-11-28-12-9-22-15-23(20(29)25-21(30)26-23)7-8-24(22,31)19(28)13-16-5-6-17(32-3)14-18(16)22/h5-6,14,19,31H,4,7-13,15H2,1-3H3,(H2,25,26,29,30)/t19-,22?,23+,24-/m1/s1. The second kappa shape index (κ2) is 7.43. The van der Waals surface area contributed by atoms with Crippen molar-refractivity contribution in [3.8, 4) is 5.75 Å². The van der Waals surface area contributed by atoms with Gasteiger partial charge in [-0.2, -0.15) is 0 Å². The smallest absolute Gasteiger partial charge is 0.322 e. The summed E-state index contributed by atoms with van der Waals surface area (Å²) in [6, 6.07) is 5.70. The maximum Gasteiger partial charge on any atom is 0.322 e. The predicted octanol–water partition coefficient (Wildman–Crippen LogP) is 1.01. The summed E-state index contributed by atoms with van der Waals surface area (Å²) in [6.45, 7) is 2.81. The number of carbonyl (C=O) groups is 2. The highest BCUT2D eigenvalue weighted by Gasteiger charge is 2.69. The second-order valence-electron chi connectivity index (χ2n) is 10.4. The van der Waals surface area contributed by atoms with Crippen LogP contribution in [0.5, 0.6) is 5.75 Å². The van der Waals surface area contributed by atoms with Crippen molar-refractivity contribution in [2.24, 2.45) is 0 Å². The Kier molecular flexibility index (Phi) is 5.03. The topological polar surface area (TPSA) is 94.1 Å². The number of rotatable bonds is 5. The molecule has 5 rings (SSSR count). The van der Waals surface area contributed by atoms with Gasteiger partial charge < -0.3 is 20.1 Å². The molecule has 1 aromatic rings. The molecular weight excluding hydrogens is 408 g/mol. The lowest BCUT2D eigenvalue weighted by atomic mass is 9.46. The molecule has 1 aromatic carbocycles. The van der Waals surface area contributed by atoms with Gasteiger partial charge in [-0.15, -0.1) is 0 Å². The molecule has 1 saturated carbocycles. The van der Waals surface area contributed by atoms with E-state index in [0.717, 1.165) is 50.2 Å². The summed E-state index contributed by atoms with van der Waals surface area (Å²) in [5, 5.41) is 17.8. The van der Waals surface area contributed by atoms with Gasteiger partial charge in [0.1, 0.15) is 11.3 Å². The summed E-state index contributed by atoms with van der Waals surface area (Å²) < 4.78 is 5.53. The molecule has 4 aliphatic rings. The van der Waals surface area contributed by atoms with Crippen molar-refractivity contribution in [3.63, 3.8) is 0 Å². The minimum absolute atomic E-state index is 0.00294. The first-order chi connectivity index (χ1) is 15.2. The normalized spacial score (nSPS) is 36.0. The van der Waals surface area contributed by atoms with E-state index in [0.29, 0.717) is 19.3 Å². The van der Waals surface area contributed by atoms with E-state index in [1.165, 1.54) is 5.56 Å². The van der Waals surface area contributed by atoms with E-state index in [1.54, 1.807) is 7.11 Å². The van der Waals surface area contributed by atoms with Crippen molar-refractivity contribution in [3.05, 3.63) is 29.3 Å². The Labute approximate surface area is 189 Å². The molecule has 0 radical (unpaired) electrons. The van der Waals surface area contributed by atoms with Gasteiger partial charge in [0.2, 0.25) is 0 Å². The Morgan fingerprint density at radius 1 is 1.25 bits per heavy atom. The molecule has 2 aliphatic heterocycles. The number of carbonyl (C=O) groups excluding carboxylic acids is 2. The van der Waals surface area contributed by atoms with Crippen molar-refractivity contribution >= 4 is 11.9 Å². The van der Waals surface area contributed by atoms with E-state index >= 15 is 0 Å². The lowest BCUT2D eigenvalue weighted by molar-refractivity contribution is -0.180. The van der Waals surface area contributed by atoms with E-state index in [-0.39, 0.29) is 11.9 Å². The fourth-order valence-electron chi connectivity index (χ4n) is 6.94. The van der Waals surface area contributed by atoms with Crippen molar-refractivity contribution in [2.75, 3.05) is 40.8 Å². The maximum atomic E-state index is 12.9. The van der Waals surface area contributed by atoms with E-state index in [2.05, 4.69) is 40.6 Å². The molecule has 2 heterocycles. The van der Waals surface area contributed by atoms with Gasteiger partial charge in [0, 0.05) is 11.5 Å². The van der Waals surface area contributed by atoms with Gasteiger partial charge in [-0.25, -0.2) is 4.79 Å². The first kappa shape index (κ1) is 21.7. The lowest BCUT2D eigenvalue weighted by Crippen LogP contribution is -2.76. The molecule has 3 amide bonds. The molecule has 2 aliphatic carbocycles. The van der Waals surface area contributed by atoms with E-state index < -0.39 is 22.6 Å². The molecule has 8 heteroatoms. The Balaban J connectivity index is 1.58. The number of piperidine rings is 1. The molecule has 174 valence electrons. The first-order valence-electron chi connectivity index (χ1n) is 11.7. The minimum Gasteiger partial charge on any atom is -0.497 e. The quantitative estimate of drug-likeness (QED) is 0.590. The van der Waals surface area contributed by atoms with Crippen LogP contribution in [0, 0.1) is 0 Å². The number of ether oxygens (including phenoxy) is 1. The molecule has 8 nitrogen and oxygen atoms in total. The van der Waals surface area contributed by atoms with Crippen LogP contribution in [-0.4, -0.2) is 84.9 Å². The van der Waals surface area contributed by atoms with Crippen LogP contribution in [0.15, 0.2) is 18.2 Å². The van der Waals surface area contributed by atoms with Crippen LogP contribution in [0.4, 0.5) is 4.79 Å². The molecule has 3 N–H and O–H groups in total. The fourth-order valence-corrected chi connectivity index (χ4v) is 6.94. The molecule has 1 unspecified atom stereocenters. The number of amides is 3. The van der Waals surface area contributed by atoms with Gasteiger partial charge in [0.25, 0.3) is 5.91 Å². The van der Waals surface area contributed by atoms with Crippen LogP contribution in [0.3, 0.4) is 0 Å². The van der Waals surface area contributed by atoms with Gasteiger partial charge in [-0.3, -0.25) is 15.0 Å². The van der Waals surface area contributed by atoms with E-state index in [4.69, 9.17) is 4.74 Å². The van der Waals surface area contributed by atoms with Crippen LogP contribution >= 0.6 is 0 Å². The van der Waals surface area contributed by atoms with Crippen molar-refractivity contribution in [1.29, 1.82) is 0 Å². The zero-order valence-corrected chi connectivity index (χ0v) is 19.2. The Morgan fingerprint density at radius 3 is 2.75 bits per heavy atom. The second-order valence-corrected chi connectivity index (χ2v) is 10.4. The summed E-state index contributed by atoms with van der Waals surface area (Å²) in [5.41, 5.74) is -0.234. The Hall–Kier alpha value is -2.16. The average molecular weight is 443 g/mol. The summed E-state index contributed by atoms with van der Waals surface area (Å²) in [4.78, 5) is 29.6. The third-order valence-corrected chi connectivity index (χ3v) is 8.49. The highest BCUT2D eigenvalue weighted by molar-refractivity contribution is 6.07. The first-order valence-corrected chi connectivity index (χ1v) is 11.7. The van der Waals surface area contributed by atoms with Crippen LogP contribution in [0.2, 0.25) is 0 Å². The van der Waals surface area contributed by atoms with Crippen molar-refractivity contribution < 1.29 is 19.4 Å². The SMILES string of the molecule is COc1ccc2c(c1)C13CCN(CCCN(C)C)[C@H](C2)[C@]1(O)CC[C@@]1(C3)NC(=O)NC1=O. The highest BCUT2D eigenvalue weighted by atomic mass is 16.5. The Bertz CT molecular complexity index is 952. The predicted molar refractivity (Wildman–Crippen MR) is 120 cm³/mol. The van der Waals surface area contributed by atoms with Crippen molar-refractivity contribution in [1.82, 2.24) is 20.4 Å². The molecular formula is C24H34N4O4. The number of fused-ring (bicyclic) bond motifs is 1. The molecule has 3 fully saturated rings. The third kappa shape index (κ3) is 2.99. The van der Waals surface area contributed by atoms with Crippen LogP contribution in [0.1, 0.15) is 43.2 Å². The summed E-state index contributed by atoms with van der Waals surface area (Å²) >= 11 is 0. The maximum absolute atomic E-state index is 12.9. The summed E-state index contributed by atoms with van der Waals surface area (Å²) in [5.74, 6) is 0.491. The number of methoxy groups -OCH3 is 1. The minimum atomic E-state index is -0.960. The zero-order chi connectivity index (χ0) is 22.7. The fraction of sp³-hybridized carbons (Fsp3) is 0.667. The number of nitrogens with zero attached hydrogens (tertiary/aromatic N) is 2.